The fourth-order valence-electron chi connectivity index (χ4n) is 2.31. The summed E-state index contributed by atoms with van der Waals surface area (Å²) < 4.78 is 20.9. The van der Waals surface area contributed by atoms with E-state index >= 15 is 0 Å². The van der Waals surface area contributed by atoms with E-state index in [1.807, 2.05) is 0 Å². The molecule has 0 bridgehead atoms. The summed E-state index contributed by atoms with van der Waals surface area (Å²) in [5, 5.41) is 12.0. The molecule has 0 radical (unpaired) electrons. The molecule has 1 aliphatic rings. The Bertz CT molecular complexity index is 396. The summed E-state index contributed by atoms with van der Waals surface area (Å²) in [5.41, 5.74) is 0. The highest BCUT2D eigenvalue weighted by Crippen LogP contribution is 2.26. The summed E-state index contributed by atoms with van der Waals surface area (Å²) in [6, 6.07) is -0.890. The molecule has 22 heavy (non-hydrogen) atoms. The minimum Gasteiger partial charge on any atom is -0.456 e. The maximum atomic E-state index is 11.4. The molecule has 0 aliphatic carbocycles. The lowest BCUT2D eigenvalue weighted by Gasteiger charge is -2.44. The average molecular weight is 319 g/mol. The summed E-state index contributed by atoms with van der Waals surface area (Å²) in [6.07, 6.45) is -4.06. The molecule has 1 rings (SSSR count). The van der Waals surface area contributed by atoms with Crippen molar-refractivity contribution in [3.8, 4) is 0 Å². The van der Waals surface area contributed by atoms with Gasteiger partial charge >= 0.3 is 11.9 Å². The van der Waals surface area contributed by atoms with E-state index < -0.39 is 55.1 Å². The monoisotopic (exact) mass is 319 g/mol. The lowest BCUT2D eigenvalue weighted by Crippen LogP contribution is -2.66. The van der Waals surface area contributed by atoms with Gasteiger partial charge in [-0.1, -0.05) is 0 Å². The smallest absolute Gasteiger partial charge is 0.303 e. The van der Waals surface area contributed by atoms with Gasteiger partial charge in [-0.3, -0.25) is 14.4 Å². The number of carbonyl (C=O) groups excluding carboxylic acids is 3. The molecule has 9 heteroatoms. The Hall–Kier alpha value is -1.71. The van der Waals surface area contributed by atoms with Crippen LogP contribution in [-0.4, -0.2) is 67.3 Å². The van der Waals surface area contributed by atoms with Crippen LogP contribution in [0.3, 0.4) is 0 Å². The van der Waals surface area contributed by atoms with E-state index in [1.165, 1.54) is 27.9 Å². The zero-order valence-corrected chi connectivity index (χ0v) is 12.9. The van der Waals surface area contributed by atoms with E-state index in [0.717, 1.165) is 0 Å². The molecule has 0 spiro atoms. The maximum absolute atomic E-state index is 11.4. The van der Waals surface area contributed by atoms with Crippen LogP contribution in [0, 0.1) is 0 Å². The van der Waals surface area contributed by atoms with Crippen LogP contribution in [0.15, 0.2) is 0 Å². The fraction of sp³-hybridized carbons (Fsp3) is 0.769. The van der Waals surface area contributed by atoms with Gasteiger partial charge in [0.25, 0.3) is 0 Å². The third-order valence-electron chi connectivity index (χ3n) is 3.03. The summed E-state index contributed by atoms with van der Waals surface area (Å²) in [7, 11) is 1.34. The number of nitrogens with one attached hydrogen (secondary N) is 1. The molecule has 1 fully saturated rings. The minimum absolute atomic E-state index is 0.406. The van der Waals surface area contributed by atoms with Gasteiger partial charge in [0.15, 0.2) is 18.5 Å². The van der Waals surface area contributed by atoms with Gasteiger partial charge in [0.2, 0.25) is 5.91 Å². The Balaban J connectivity index is 3.14. The van der Waals surface area contributed by atoms with E-state index in [-0.39, 0.29) is 0 Å². The number of aliphatic hydroxyl groups is 1. The van der Waals surface area contributed by atoms with Gasteiger partial charge in [0, 0.05) is 27.9 Å². The van der Waals surface area contributed by atoms with Crippen LogP contribution < -0.4 is 5.32 Å². The van der Waals surface area contributed by atoms with Crippen molar-refractivity contribution in [2.24, 2.45) is 0 Å². The minimum atomic E-state index is -1.07. The van der Waals surface area contributed by atoms with Crippen LogP contribution >= 0.6 is 0 Å². The van der Waals surface area contributed by atoms with Gasteiger partial charge in [-0.2, -0.15) is 0 Å². The van der Waals surface area contributed by atoms with Gasteiger partial charge in [0.05, 0.1) is 6.61 Å². The molecule has 9 nitrogen and oxygen atoms in total. The Morgan fingerprint density at radius 1 is 1.09 bits per heavy atom. The van der Waals surface area contributed by atoms with Crippen molar-refractivity contribution in [2.75, 3.05) is 13.7 Å². The van der Waals surface area contributed by atoms with E-state index in [4.69, 9.17) is 18.9 Å². The van der Waals surface area contributed by atoms with Crippen LogP contribution in [0.4, 0.5) is 0 Å². The van der Waals surface area contributed by atoms with Gasteiger partial charge < -0.3 is 29.4 Å². The molecule has 0 aromatic carbocycles. The fourth-order valence-corrected chi connectivity index (χ4v) is 2.31. The first-order valence-corrected chi connectivity index (χ1v) is 6.70. The number of amides is 1. The highest BCUT2D eigenvalue weighted by Gasteiger charge is 2.50. The number of hydrogen-bond donors (Lipinski definition) is 2. The van der Waals surface area contributed by atoms with Crippen LogP contribution in [-0.2, 0) is 33.3 Å². The molecule has 1 aliphatic heterocycles. The predicted octanol–water partition coefficient (Wildman–Crippen LogP) is -1.28. The number of methoxy groups -OCH3 is 1. The lowest BCUT2D eigenvalue weighted by molar-refractivity contribution is -0.270. The highest BCUT2D eigenvalue weighted by atomic mass is 16.7. The molecule has 1 heterocycles. The third kappa shape index (κ3) is 4.65. The molecular weight excluding hydrogens is 298 g/mol. The quantitative estimate of drug-likeness (QED) is 0.601. The number of aliphatic hydroxyl groups excluding tert-OH is 1. The zero-order chi connectivity index (χ0) is 16.9. The largest absolute Gasteiger partial charge is 0.456 e. The van der Waals surface area contributed by atoms with Crippen LogP contribution in [0.5, 0.6) is 0 Å². The first kappa shape index (κ1) is 18.3. The Kier molecular flexibility index (Phi) is 6.72. The standard InChI is InChI=1S/C13H21NO8/c1-6(16)14-10-12(21-8(3)18)11(20-7(2)17)9(5-15)22-13(10)19-4/h9-13,15H,5H2,1-4H3,(H,14,16)/t9-,10-,11-,12-,13+/m1/s1. The van der Waals surface area contributed by atoms with Crippen LogP contribution in [0.25, 0.3) is 0 Å². The number of ether oxygens (including phenoxy) is 4. The zero-order valence-electron chi connectivity index (χ0n) is 12.9. The highest BCUT2D eigenvalue weighted by molar-refractivity contribution is 5.73. The summed E-state index contributed by atoms with van der Waals surface area (Å²) in [5.74, 6) is -1.68. The van der Waals surface area contributed by atoms with E-state index in [1.54, 1.807) is 0 Å². The number of esters is 2. The average Bonchev–Trinajstić information content (AvgIpc) is 2.41. The molecule has 0 saturated carbocycles. The second kappa shape index (κ2) is 8.06. The first-order valence-electron chi connectivity index (χ1n) is 6.70. The molecule has 5 atom stereocenters. The number of hydrogen-bond acceptors (Lipinski definition) is 8. The number of carbonyl (C=O) groups is 3. The lowest BCUT2D eigenvalue weighted by atomic mass is 9.96. The van der Waals surface area contributed by atoms with Crippen molar-refractivity contribution in [1.82, 2.24) is 5.32 Å². The molecule has 0 unspecified atom stereocenters. The van der Waals surface area contributed by atoms with Crippen molar-refractivity contribution in [1.29, 1.82) is 0 Å². The molecule has 2 N–H and O–H groups in total. The topological polar surface area (TPSA) is 120 Å². The van der Waals surface area contributed by atoms with Crippen LogP contribution in [0.2, 0.25) is 0 Å². The van der Waals surface area contributed by atoms with Crippen molar-refractivity contribution < 1.29 is 38.4 Å². The molecule has 0 aromatic heterocycles. The Labute approximate surface area is 127 Å². The van der Waals surface area contributed by atoms with Crippen molar-refractivity contribution in [2.45, 2.75) is 51.4 Å². The van der Waals surface area contributed by atoms with Gasteiger partial charge in [-0.15, -0.1) is 0 Å². The summed E-state index contributed by atoms with van der Waals surface area (Å²) in [6.45, 7) is 3.15. The Morgan fingerprint density at radius 2 is 1.64 bits per heavy atom. The van der Waals surface area contributed by atoms with Crippen LogP contribution in [0.1, 0.15) is 20.8 Å². The maximum Gasteiger partial charge on any atom is 0.303 e. The van der Waals surface area contributed by atoms with Crippen molar-refractivity contribution in [3.63, 3.8) is 0 Å². The van der Waals surface area contributed by atoms with E-state index in [9.17, 15) is 19.5 Å². The molecule has 0 aromatic rings. The van der Waals surface area contributed by atoms with Crippen molar-refractivity contribution >= 4 is 17.8 Å². The van der Waals surface area contributed by atoms with Gasteiger partial charge in [0.1, 0.15) is 12.1 Å². The molecule has 1 amide bonds. The van der Waals surface area contributed by atoms with Gasteiger partial charge in [-0.05, 0) is 0 Å². The first-order chi connectivity index (χ1) is 10.3. The molecular formula is C13H21NO8. The van der Waals surface area contributed by atoms with Crippen molar-refractivity contribution in [3.05, 3.63) is 0 Å². The predicted molar refractivity (Wildman–Crippen MR) is 71.5 cm³/mol. The Morgan fingerprint density at radius 3 is 2.05 bits per heavy atom. The SMILES string of the molecule is CO[C@H]1O[C@H](CO)[C@@H](OC(C)=O)[C@H](OC(C)=O)[C@H]1NC(C)=O. The van der Waals surface area contributed by atoms with E-state index in [0.29, 0.717) is 0 Å². The molecule has 1 saturated heterocycles. The summed E-state index contributed by atoms with van der Waals surface area (Å²) >= 11 is 0. The van der Waals surface area contributed by atoms with Gasteiger partial charge in [-0.25, -0.2) is 0 Å². The number of rotatable bonds is 5. The third-order valence-corrected chi connectivity index (χ3v) is 3.03. The normalized spacial score (nSPS) is 31.2. The molecule has 126 valence electrons. The second-order valence-electron chi connectivity index (χ2n) is 4.84. The second-order valence-corrected chi connectivity index (χ2v) is 4.84. The summed E-state index contributed by atoms with van der Waals surface area (Å²) in [4.78, 5) is 34.0. The van der Waals surface area contributed by atoms with E-state index in [2.05, 4.69) is 5.32 Å².